The van der Waals surface area contributed by atoms with Gasteiger partial charge in [0.25, 0.3) is 0 Å². The fourth-order valence-corrected chi connectivity index (χ4v) is 1.82. The van der Waals surface area contributed by atoms with Crippen LogP contribution in [0.1, 0.15) is 12.8 Å². The Morgan fingerprint density at radius 3 is 1.86 bits per heavy atom. The highest BCUT2D eigenvalue weighted by Gasteiger charge is 2.63. The molecule has 0 bridgehead atoms. The zero-order valence-corrected chi connectivity index (χ0v) is 4.13. The van der Waals surface area contributed by atoms with Gasteiger partial charge in [-0.25, -0.2) is 0 Å². The van der Waals surface area contributed by atoms with Gasteiger partial charge in [0.05, 0.1) is 12.2 Å². The van der Waals surface area contributed by atoms with Gasteiger partial charge < -0.3 is 4.74 Å². The predicted molar refractivity (Wildman–Crippen MR) is 24.9 cm³/mol. The number of hydrogen-bond donors (Lipinski definition) is 0. The maximum Gasteiger partial charge on any atom is 0.0615 e. The molecule has 38 valence electrons. The van der Waals surface area contributed by atoms with Crippen LogP contribution in [-0.2, 0) is 4.74 Å². The Morgan fingerprint density at radius 1 is 1.00 bits per heavy atom. The first-order valence-corrected chi connectivity index (χ1v) is 3.10. The predicted octanol–water partition coefficient (Wildman–Crippen LogP) is 0.794. The smallest absolute Gasteiger partial charge is 0.0615 e. The summed E-state index contributed by atoms with van der Waals surface area (Å²) in [5, 5.41) is 0. The lowest BCUT2D eigenvalue weighted by Gasteiger charge is -1.89. The van der Waals surface area contributed by atoms with Crippen molar-refractivity contribution in [2.24, 2.45) is 11.8 Å². The van der Waals surface area contributed by atoms with Crippen LogP contribution in [0.15, 0.2) is 0 Å². The van der Waals surface area contributed by atoms with Gasteiger partial charge in [-0.2, -0.15) is 0 Å². The number of hydrogen-bond acceptors (Lipinski definition) is 1. The normalized spacial score (nSPS) is 72.0. The first kappa shape index (κ1) is 3.08. The maximum atomic E-state index is 5.51. The van der Waals surface area contributed by atoms with Gasteiger partial charge in [0.2, 0.25) is 0 Å². The summed E-state index contributed by atoms with van der Waals surface area (Å²) in [6.07, 6.45) is 4.26. The zero-order valence-electron chi connectivity index (χ0n) is 4.13. The van der Waals surface area contributed by atoms with E-state index in [2.05, 4.69) is 0 Å². The largest absolute Gasteiger partial charge is 0.374 e. The van der Waals surface area contributed by atoms with Crippen LogP contribution < -0.4 is 0 Å². The molecular formula is C6H8O. The Labute approximate surface area is 42.7 Å². The summed E-state index contributed by atoms with van der Waals surface area (Å²) in [5.74, 6) is 2.06. The molecule has 3 fully saturated rings. The third-order valence-corrected chi connectivity index (χ3v) is 2.46. The van der Waals surface area contributed by atoms with Crippen LogP contribution in [0, 0.1) is 11.8 Å². The lowest BCUT2D eigenvalue weighted by molar-refractivity contribution is 0.121. The van der Waals surface area contributed by atoms with Crippen molar-refractivity contribution in [2.45, 2.75) is 25.0 Å². The van der Waals surface area contributed by atoms with Gasteiger partial charge in [-0.3, -0.25) is 0 Å². The van der Waals surface area contributed by atoms with Gasteiger partial charge in [0, 0.05) is 0 Å². The van der Waals surface area contributed by atoms with Gasteiger partial charge >= 0.3 is 0 Å². The van der Waals surface area contributed by atoms with E-state index in [1.807, 2.05) is 0 Å². The summed E-state index contributed by atoms with van der Waals surface area (Å²) in [6.45, 7) is 0. The minimum atomic E-state index is 0.740. The molecule has 4 atom stereocenters. The average Bonchev–Trinajstić information content (AvgIpc) is 2.47. The summed E-state index contributed by atoms with van der Waals surface area (Å²) >= 11 is 0. The van der Waals surface area contributed by atoms with Crippen molar-refractivity contribution in [1.29, 1.82) is 0 Å². The second-order valence-electron chi connectivity index (χ2n) is 3.01. The zero-order chi connectivity index (χ0) is 4.43. The Hall–Kier alpha value is -0.0400. The van der Waals surface area contributed by atoms with Crippen LogP contribution in [0.2, 0.25) is 0 Å². The van der Waals surface area contributed by atoms with Gasteiger partial charge in [0.1, 0.15) is 0 Å². The molecule has 7 heavy (non-hydrogen) atoms. The Bertz CT molecular complexity index is 107. The molecule has 0 N–H and O–H groups in total. The lowest BCUT2D eigenvalue weighted by atomic mass is 10.3. The van der Waals surface area contributed by atoms with Crippen LogP contribution in [-0.4, -0.2) is 12.2 Å². The fourth-order valence-electron chi connectivity index (χ4n) is 1.82. The van der Waals surface area contributed by atoms with Gasteiger partial charge in [-0.1, -0.05) is 0 Å². The molecule has 3 rings (SSSR count). The molecule has 2 aliphatic carbocycles. The van der Waals surface area contributed by atoms with Crippen molar-refractivity contribution < 1.29 is 4.74 Å². The van der Waals surface area contributed by atoms with Crippen LogP contribution >= 0.6 is 0 Å². The number of rotatable bonds is 0. The van der Waals surface area contributed by atoms with E-state index in [0.717, 1.165) is 24.0 Å². The molecule has 1 nitrogen and oxygen atoms in total. The molecule has 1 heterocycles. The second-order valence-corrected chi connectivity index (χ2v) is 3.01. The molecule has 2 saturated carbocycles. The second kappa shape index (κ2) is 0.655. The van der Waals surface area contributed by atoms with Crippen LogP contribution in [0.5, 0.6) is 0 Å². The summed E-state index contributed by atoms with van der Waals surface area (Å²) in [4.78, 5) is 0. The van der Waals surface area contributed by atoms with Crippen LogP contribution in [0.25, 0.3) is 0 Å². The molecule has 3 aliphatic rings. The highest BCUT2D eigenvalue weighted by Crippen LogP contribution is 2.61. The highest BCUT2D eigenvalue weighted by atomic mass is 16.5. The first-order valence-electron chi connectivity index (χ1n) is 3.10. The average molecular weight is 96.1 g/mol. The van der Waals surface area contributed by atoms with E-state index in [1.165, 1.54) is 12.8 Å². The topological polar surface area (TPSA) is 9.23 Å². The number of fused-ring (bicyclic) bond motifs is 3. The van der Waals surface area contributed by atoms with Crippen molar-refractivity contribution in [2.75, 3.05) is 0 Å². The molecule has 0 aromatic carbocycles. The third kappa shape index (κ3) is 0.235. The Morgan fingerprint density at radius 2 is 1.57 bits per heavy atom. The molecule has 0 unspecified atom stereocenters. The Kier molecular flexibility index (Phi) is 0.288. The maximum absolute atomic E-state index is 5.51. The molecular weight excluding hydrogens is 88.1 g/mol. The van der Waals surface area contributed by atoms with Gasteiger partial charge in [-0.05, 0) is 24.7 Å². The number of ether oxygens (including phenoxy) is 1. The standard InChI is InChI=1S/C6H8O/c1-3-4-2-6(4)7-5(1)3/h3-6H,1-2H2/t3-,4-,5-,6-/m1/s1. The van der Waals surface area contributed by atoms with Crippen LogP contribution in [0.4, 0.5) is 0 Å². The van der Waals surface area contributed by atoms with Gasteiger partial charge in [0.15, 0.2) is 0 Å². The minimum Gasteiger partial charge on any atom is -0.374 e. The SMILES string of the molecule is C1[C@@H]2[C@H]3C[C@H]3O[C@H]12. The molecule has 1 heteroatoms. The van der Waals surface area contributed by atoms with E-state index in [-0.39, 0.29) is 0 Å². The van der Waals surface area contributed by atoms with E-state index >= 15 is 0 Å². The van der Waals surface area contributed by atoms with Crippen molar-refractivity contribution in [1.82, 2.24) is 0 Å². The van der Waals surface area contributed by atoms with E-state index < -0.39 is 0 Å². The third-order valence-electron chi connectivity index (χ3n) is 2.46. The monoisotopic (exact) mass is 96.1 g/mol. The molecule has 0 radical (unpaired) electrons. The molecule has 0 amide bonds. The molecule has 0 aromatic rings. The van der Waals surface area contributed by atoms with Crippen molar-refractivity contribution in [3.05, 3.63) is 0 Å². The van der Waals surface area contributed by atoms with Gasteiger partial charge in [-0.15, -0.1) is 0 Å². The molecule has 0 spiro atoms. The van der Waals surface area contributed by atoms with Crippen molar-refractivity contribution >= 4 is 0 Å². The van der Waals surface area contributed by atoms with E-state index in [9.17, 15) is 0 Å². The molecule has 1 aliphatic heterocycles. The minimum absolute atomic E-state index is 0.740. The molecule has 0 aromatic heterocycles. The quantitative estimate of drug-likeness (QED) is 0.433. The lowest BCUT2D eigenvalue weighted by Crippen LogP contribution is -1.90. The van der Waals surface area contributed by atoms with E-state index in [0.29, 0.717) is 0 Å². The summed E-state index contributed by atoms with van der Waals surface area (Å²) in [5.41, 5.74) is 0. The van der Waals surface area contributed by atoms with E-state index in [4.69, 9.17) is 4.74 Å². The summed E-state index contributed by atoms with van der Waals surface area (Å²) in [6, 6.07) is 0. The molecule has 1 saturated heterocycles. The fraction of sp³-hybridized carbons (Fsp3) is 1.00. The first-order chi connectivity index (χ1) is 3.45. The highest BCUT2D eigenvalue weighted by molar-refractivity contribution is 5.11. The summed E-state index contributed by atoms with van der Waals surface area (Å²) < 4.78 is 5.51. The van der Waals surface area contributed by atoms with Crippen molar-refractivity contribution in [3.63, 3.8) is 0 Å². The van der Waals surface area contributed by atoms with E-state index in [1.54, 1.807) is 0 Å². The van der Waals surface area contributed by atoms with Crippen LogP contribution in [0.3, 0.4) is 0 Å². The summed E-state index contributed by atoms with van der Waals surface area (Å²) in [7, 11) is 0. The van der Waals surface area contributed by atoms with Crippen molar-refractivity contribution in [3.8, 4) is 0 Å². The Balaban J connectivity index is 2.02.